The normalized spacial score (nSPS) is 13.9. The predicted octanol–water partition coefficient (Wildman–Crippen LogP) is 2.74. The molecule has 1 N–H and O–H groups in total. The van der Waals surface area contributed by atoms with E-state index in [1.165, 1.54) is 0 Å². The third-order valence-electron chi connectivity index (χ3n) is 4.31. The number of hydrogen-bond donors (Lipinski definition) is 1. The third-order valence-corrected chi connectivity index (χ3v) is 4.31. The van der Waals surface area contributed by atoms with Gasteiger partial charge in [-0.2, -0.15) is 5.10 Å². The van der Waals surface area contributed by atoms with E-state index in [2.05, 4.69) is 16.1 Å². The van der Waals surface area contributed by atoms with Crippen molar-refractivity contribution in [1.82, 2.24) is 5.01 Å². The van der Waals surface area contributed by atoms with E-state index in [1.54, 1.807) is 25.5 Å². The lowest BCUT2D eigenvalue weighted by Crippen LogP contribution is -2.44. The molecule has 1 heterocycles. The van der Waals surface area contributed by atoms with Crippen LogP contribution >= 0.6 is 12.4 Å². The third kappa shape index (κ3) is 5.53. The van der Waals surface area contributed by atoms with Crippen LogP contribution < -0.4 is 14.4 Å². The van der Waals surface area contributed by atoms with Gasteiger partial charge in [-0.3, -0.25) is 5.01 Å². The molecular weight excluding hydrogens is 382 g/mol. The van der Waals surface area contributed by atoms with E-state index >= 15 is 0 Å². The molecule has 1 fully saturated rings. The molecule has 150 valence electrons. The summed E-state index contributed by atoms with van der Waals surface area (Å²) in [6.45, 7) is 2.88. The second-order valence-electron chi connectivity index (χ2n) is 6.08. The maximum Gasteiger partial charge on any atom is 0.341 e. The zero-order valence-corrected chi connectivity index (χ0v) is 16.5. The number of methoxy groups -OCH3 is 1. The molecule has 1 aliphatic rings. The number of carbonyl (C=O) groups is 1. The SMILES string of the molecule is COc1ccccc1N1CCN(/N=C\c2ccccc2OCC(=O)O)CC1.Cl. The van der Waals surface area contributed by atoms with Gasteiger partial charge < -0.3 is 19.5 Å². The van der Waals surface area contributed by atoms with Gasteiger partial charge >= 0.3 is 5.97 Å². The minimum absolute atomic E-state index is 0. The maximum atomic E-state index is 10.7. The minimum Gasteiger partial charge on any atom is -0.495 e. The summed E-state index contributed by atoms with van der Waals surface area (Å²) in [5.41, 5.74) is 1.85. The molecule has 0 bridgehead atoms. The lowest BCUT2D eigenvalue weighted by Gasteiger charge is -2.35. The number of rotatable bonds is 7. The lowest BCUT2D eigenvalue weighted by molar-refractivity contribution is -0.139. The summed E-state index contributed by atoms with van der Waals surface area (Å²) in [4.78, 5) is 13.0. The van der Waals surface area contributed by atoms with Crippen molar-refractivity contribution in [3.63, 3.8) is 0 Å². The van der Waals surface area contributed by atoms with Crippen molar-refractivity contribution in [3.8, 4) is 11.5 Å². The average Bonchev–Trinajstić information content (AvgIpc) is 2.71. The number of hydrogen-bond acceptors (Lipinski definition) is 6. The Balaban J connectivity index is 0.00000280. The zero-order chi connectivity index (χ0) is 19.1. The van der Waals surface area contributed by atoms with Gasteiger partial charge in [0.1, 0.15) is 11.5 Å². The van der Waals surface area contributed by atoms with Crippen LogP contribution in [0, 0.1) is 0 Å². The number of piperazine rings is 1. The van der Waals surface area contributed by atoms with E-state index < -0.39 is 5.97 Å². The van der Waals surface area contributed by atoms with Gasteiger partial charge in [0.15, 0.2) is 6.61 Å². The Hall–Kier alpha value is -2.93. The molecule has 8 heteroatoms. The average molecular weight is 406 g/mol. The van der Waals surface area contributed by atoms with Gasteiger partial charge in [-0.15, -0.1) is 12.4 Å². The molecule has 28 heavy (non-hydrogen) atoms. The summed E-state index contributed by atoms with van der Waals surface area (Å²) in [5, 5.41) is 15.3. The molecule has 0 aliphatic carbocycles. The molecule has 3 rings (SSSR count). The summed E-state index contributed by atoms with van der Waals surface area (Å²) in [6, 6.07) is 15.3. The quantitative estimate of drug-likeness (QED) is 0.714. The second-order valence-corrected chi connectivity index (χ2v) is 6.08. The van der Waals surface area contributed by atoms with Gasteiger partial charge in [-0.05, 0) is 24.3 Å². The van der Waals surface area contributed by atoms with Crippen LogP contribution in [0.4, 0.5) is 5.69 Å². The smallest absolute Gasteiger partial charge is 0.341 e. The highest BCUT2D eigenvalue weighted by Crippen LogP contribution is 2.28. The first-order valence-electron chi connectivity index (χ1n) is 8.78. The second kappa shape index (κ2) is 10.4. The van der Waals surface area contributed by atoms with Crippen molar-refractivity contribution in [3.05, 3.63) is 54.1 Å². The van der Waals surface area contributed by atoms with Gasteiger partial charge in [0.2, 0.25) is 0 Å². The Morgan fingerprint density at radius 1 is 1.07 bits per heavy atom. The highest BCUT2D eigenvalue weighted by molar-refractivity contribution is 5.85. The van der Waals surface area contributed by atoms with E-state index in [-0.39, 0.29) is 19.0 Å². The van der Waals surface area contributed by atoms with Crippen LogP contribution in [0.1, 0.15) is 5.56 Å². The van der Waals surface area contributed by atoms with Crippen LogP contribution in [0.2, 0.25) is 0 Å². The number of hydrazone groups is 1. The number of para-hydroxylation sites is 3. The highest BCUT2D eigenvalue weighted by Gasteiger charge is 2.18. The Kier molecular flexibility index (Phi) is 7.95. The fraction of sp³-hybridized carbons (Fsp3) is 0.300. The molecule has 0 radical (unpaired) electrons. The van der Waals surface area contributed by atoms with Crippen molar-refractivity contribution in [2.75, 3.05) is 44.8 Å². The molecule has 0 spiro atoms. The first-order valence-corrected chi connectivity index (χ1v) is 8.78. The maximum absolute atomic E-state index is 10.7. The van der Waals surface area contributed by atoms with Crippen LogP contribution in [-0.2, 0) is 4.79 Å². The summed E-state index contributed by atoms with van der Waals surface area (Å²) in [7, 11) is 1.68. The van der Waals surface area contributed by atoms with Crippen LogP contribution in [0.5, 0.6) is 11.5 Å². The first kappa shape index (κ1) is 21.4. The van der Waals surface area contributed by atoms with Crippen molar-refractivity contribution in [1.29, 1.82) is 0 Å². The van der Waals surface area contributed by atoms with Gasteiger partial charge in [-0.1, -0.05) is 24.3 Å². The van der Waals surface area contributed by atoms with Gasteiger partial charge in [0.05, 0.1) is 32.1 Å². The number of anilines is 1. The zero-order valence-electron chi connectivity index (χ0n) is 15.7. The van der Waals surface area contributed by atoms with Gasteiger partial charge in [0.25, 0.3) is 0 Å². The van der Waals surface area contributed by atoms with Crippen LogP contribution in [0.15, 0.2) is 53.6 Å². The summed E-state index contributed by atoms with van der Waals surface area (Å²) < 4.78 is 10.8. The standard InChI is InChI=1S/C20H23N3O4.ClH/c1-26-19-9-5-3-7-17(19)22-10-12-23(13-11-22)21-14-16-6-2-4-8-18(16)27-15-20(24)25;/h2-9,14H,10-13,15H2,1H3,(H,24,25);1H/b21-14-;. The molecule has 2 aromatic carbocycles. The van der Waals surface area contributed by atoms with Crippen LogP contribution in [0.3, 0.4) is 0 Å². The van der Waals surface area contributed by atoms with Gasteiger partial charge in [0, 0.05) is 18.7 Å². The van der Waals surface area contributed by atoms with E-state index in [1.807, 2.05) is 35.3 Å². The first-order chi connectivity index (χ1) is 13.2. The molecule has 1 saturated heterocycles. The summed E-state index contributed by atoms with van der Waals surface area (Å²) >= 11 is 0. The fourth-order valence-electron chi connectivity index (χ4n) is 2.95. The Labute approximate surface area is 170 Å². The molecule has 0 unspecified atom stereocenters. The minimum atomic E-state index is -1.01. The Morgan fingerprint density at radius 2 is 1.71 bits per heavy atom. The lowest BCUT2D eigenvalue weighted by atomic mass is 10.2. The molecule has 0 saturated carbocycles. The van der Waals surface area contributed by atoms with Crippen LogP contribution in [0.25, 0.3) is 0 Å². The highest BCUT2D eigenvalue weighted by atomic mass is 35.5. The number of nitrogens with zero attached hydrogens (tertiary/aromatic N) is 3. The molecule has 0 amide bonds. The fourth-order valence-corrected chi connectivity index (χ4v) is 2.95. The largest absolute Gasteiger partial charge is 0.495 e. The molecule has 2 aromatic rings. The molecule has 7 nitrogen and oxygen atoms in total. The predicted molar refractivity (Wildman–Crippen MR) is 111 cm³/mol. The number of halogens is 1. The van der Waals surface area contributed by atoms with E-state index in [0.717, 1.165) is 43.2 Å². The molecule has 1 aliphatic heterocycles. The van der Waals surface area contributed by atoms with Crippen LogP contribution in [-0.4, -0.2) is 62.2 Å². The number of carboxylic acids is 1. The van der Waals surface area contributed by atoms with Crippen molar-refractivity contribution >= 4 is 30.3 Å². The van der Waals surface area contributed by atoms with Crippen molar-refractivity contribution in [2.45, 2.75) is 0 Å². The monoisotopic (exact) mass is 405 g/mol. The Bertz CT molecular complexity index is 808. The summed E-state index contributed by atoms with van der Waals surface area (Å²) in [5.74, 6) is 0.379. The number of carboxylic acid groups (broad SMARTS) is 1. The van der Waals surface area contributed by atoms with Gasteiger partial charge in [-0.25, -0.2) is 4.79 Å². The molecule has 0 aromatic heterocycles. The molecule has 0 atom stereocenters. The number of benzene rings is 2. The van der Waals surface area contributed by atoms with Crippen molar-refractivity contribution in [2.24, 2.45) is 5.10 Å². The van der Waals surface area contributed by atoms with Crippen molar-refractivity contribution < 1.29 is 19.4 Å². The molecular formula is C20H24ClN3O4. The number of aliphatic carboxylic acids is 1. The summed E-state index contributed by atoms with van der Waals surface area (Å²) in [6.07, 6.45) is 1.72. The van der Waals surface area contributed by atoms with E-state index in [4.69, 9.17) is 14.6 Å². The Morgan fingerprint density at radius 3 is 2.39 bits per heavy atom. The number of ether oxygens (including phenoxy) is 2. The van der Waals surface area contributed by atoms with E-state index in [0.29, 0.717) is 5.75 Å². The van der Waals surface area contributed by atoms with E-state index in [9.17, 15) is 4.79 Å². The topological polar surface area (TPSA) is 74.6 Å².